The Balaban J connectivity index is 1.35. The lowest BCUT2D eigenvalue weighted by atomic mass is 10.0. The maximum absolute atomic E-state index is 11.1. The van der Waals surface area contributed by atoms with Gasteiger partial charge in [-0.2, -0.15) is 0 Å². The predicted molar refractivity (Wildman–Crippen MR) is 132 cm³/mol. The van der Waals surface area contributed by atoms with E-state index in [1.807, 2.05) is 72.9 Å². The first-order chi connectivity index (χ1) is 16.1. The maximum Gasteiger partial charge on any atom is 0.407 e. The lowest BCUT2D eigenvalue weighted by Gasteiger charge is -2.34. The lowest BCUT2D eigenvalue weighted by Crippen LogP contribution is -2.48. The van der Waals surface area contributed by atoms with Gasteiger partial charge in [-0.05, 0) is 42.0 Å². The van der Waals surface area contributed by atoms with Crippen molar-refractivity contribution in [2.45, 2.75) is 0 Å². The van der Waals surface area contributed by atoms with Crippen LogP contribution >= 0.6 is 11.6 Å². The number of amides is 1. The van der Waals surface area contributed by atoms with Gasteiger partial charge in [0.25, 0.3) is 0 Å². The zero-order valence-electron chi connectivity index (χ0n) is 17.8. The van der Waals surface area contributed by atoms with E-state index < -0.39 is 6.09 Å². The molecule has 5 rings (SSSR count). The number of halogens is 1. The molecule has 7 nitrogen and oxygen atoms in total. The van der Waals surface area contributed by atoms with Gasteiger partial charge in [0.15, 0.2) is 0 Å². The summed E-state index contributed by atoms with van der Waals surface area (Å²) in [5, 5.41) is 14.0. The molecule has 33 heavy (non-hydrogen) atoms. The van der Waals surface area contributed by atoms with Crippen LogP contribution in [0.25, 0.3) is 22.0 Å². The van der Waals surface area contributed by atoms with Gasteiger partial charge in [0, 0.05) is 59.7 Å². The fourth-order valence-electron chi connectivity index (χ4n) is 4.05. The summed E-state index contributed by atoms with van der Waals surface area (Å²) in [6.07, 6.45) is 0.956. The van der Waals surface area contributed by atoms with Crippen molar-refractivity contribution in [1.82, 2.24) is 14.9 Å². The van der Waals surface area contributed by atoms with Gasteiger partial charge in [0.1, 0.15) is 0 Å². The minimum atomic E-state index is -0.858. The van der Waals surface area contributed by atoms with Crippen molar-refractivity contribution < 1.29 is 9.90 Å². The molecule has 0 bridgehead atoms. The Labute approximate surface area is 196 Å². The van der Waals surface area contributed by atoms with Gasteiger partial charge >= 0.3 is 6.09 Å². The molecule has 1 amide bonds. The Hall–Kier alpha value is -3.84. The minimum Gasteiger partial charge on any atom is -0.465 e. The van der Waals surface area contributed by atoms with E-state index in [-0.39, 0.29) is 0 Å². The number of anilines is 3. The number of para-hydroxylation sites is 1. The zero-order chi connectivity index (χ0) is 22.8. The lowest BCUT2D eigenvalue weighted by molar-refractivity contribution is 0.142. The molecular weight excluding hydrogens is 438 g/mol. The molecule has 166 valence electrons. The van der Waals surface area contributed by atoms with Crippen LogP contribution in [0.5, 0.6) is 0 Å². The molecule has 0 unspecified atom stereocenters. The second-order valence-electron chi connectivity index (χ2n) is 7.88. The van der Waals surface area contributed by atoms with E-state index in [2.05, 4.69) is 15.2 Å². The second kappa shape index (κ2) is 8.96. The molecule has 2 heterocycles. The van der Waals surface area contributed by atoms with Crippen LogP contribution in [-0.4, -0.2) is 52.2 Å². The van der Waals surface area contributed by atoms with Crippen LogP contribution in [0.2, 0.25) is 5.02 Å². The predicted octanol–water partition coefficient (Wildman–Crippen LogP) is 5.49. The fraction of sp³-hybridized carbons (Fsp3) is 0.160. The zero-order valence-corrected chi connectivity index (χ0v) is 18.5. The first-order valence-electron chi connectivity index (χ1n) is 10.7. The Kier molecular flexibility index (Phi) is 5.71. The smallest absolute Gasteiger partial charge is 0.407 e. The molecule has 2 N–H and O–H groups in total. The van der Waals surface area contributed by atoms with Crippen LogP contribution in [-0.2, 0) is 0 Å². The SMILES string of the molecule is O=C(O)N1CCN(c2ccc(Nc3ncc4cccc(-c5cccc(Cl)c5)c4n3)cc2)CC1. The summed E-state index contributed by atoms with van der Waals surface area (Å²) < 4.78 is 0. The van der Waals surface area contributed by atoms with Crippen molar-refractivity contribution in [3.05, 3.63) is 77.9 Å². The topological polar surface area (TPSA) is 81.6 Å². The Morgan fingerprint density at radius 3 is 2.45 bits per heavy atom. The normalized spacial score (nSPS) is 13.8. The second-order valence-corrected chi connectivity index (χ2v) is 8.31. The molecule has 0 aliphatic carbocycles. The highest BCUT2D eigenvalue weighted by molar-refractivity contribution is 6.30. The number of hydrogen-bond donors (Lipinski definition) is 2. The summed E-state index contributed by atoms with van der Waals surface area (Å²) in [4.78, 5) is 24.0. The molecule has 3 aromatic carbocycles. The first kappa shape index (κ1) is 21.0. The van der Waals surface area contributed by atoms with Crippen molar-refractivity contribution in [2.75, 3.05) is 36.4 Å². The van der Waals surface area contributed by atoms with E-state index >= 15 is 0 Å². The molecule has 4 aromatic rings. The van der Waals surface area contributed by atoms with Crippen LogP contribution < -0.4 is 10.2 Å². The molecule has 0 atom stereocenters. The monoisotopic (exact) mass is 459 g/mol. The van der Waals surface area contributed by atoms with Crippen LogP contribution in [0.15, 0.2) is 72.9 Å². The molecule has 1 aromatic heterocycles. The summed E-state index contributed by atoms with van der Waals surface area (Å²) in [7, 11) is 0. The van der Waals surface area contributed by atoms with Gasteiger partial charge in [0.2, 0.25) is 5.95 Å². The summed E-state index contributed by atoms with van der Waals surface area (Å²) in [6, 6.07) is 21.8. The van der Waals surface area contributed by atoms with Gasteiger partial charge in [0.05, 0.1) is 5.52 Å². The van der Waals surface area contributed by atoms with Gasteiger partial charge in [-0.25, -0.2) is 14.8 Å². The van der Waals surface area contributed by atoms with E-state index in [9.17, 15) is 4.79 Å². The van der Waals surface area contributed by atoms with E-state index in [0.717, 1.165) is 33.4 Å². The van der Waals surface area contributed by atoms with Crippen molar-refractivity contribution in [3.63, 3.8) is 0 Å². The fourth-order valence-corrected chi connectivity index (χ4v) is 4.24. The number of nitrogens with zero attached hydrogens (tertiary/aromatic N) is 4. The molecule has 0 spiro atoms. The highest BCUT2D eigenvalue weighted by Gasteiger charge is 2.20. The van der Waals surface area contributed by atoms with E-state index in [1.54, 1.807) is 0 Å². The number of carbonyl (C=O) groups is 1. The Morgan fingerprint density at radius 2 is 1.73 bits per heavy atom. The van der Waals surface area contributed by atoms with Crippen LogP contribution in [0, 0.1) is 0 Å². The average Bonchev–Trinajstić information content (AvgIpc) is 2.84. The van der Waals surface area contributed by atoms with Crippen LogP contribution in [0.1, 0.15) is 0 Å². The van der Waals surface area contributed by atoms with Gasteiger partial charge in [-0.3, -0.25) is 0 Å². The number of rotatable bonds is 4. The van der Waals surface area contributed by atoms with Crippen molar-refractivity contribution in [2.24, 2.45) is 0 Å². The Bertz CT molecular complexity index is 1300. The molecule has 1 fully saturated rings. The summed E-state index contributed by atoms with van der Waals surface area (Å²) in [5.41, 5.74) is 4.79. The molecule has 1 aliphatic rings. The molecule has 0 radical (unpaired) electrons. The number of hydrogen-bond acceptors (Lipinski definition) is 5. The van der Waals surface area contributed by atoms with E-state index in [0.29, 0.717) is 37.1 Å². The number of benzene rings is 3. The molecular formula is C25H22ClN5O2. The quantitative estimate of drug-likeness (QED) is 0.419. The molecule has 1 saturated heterocycles. The van der Waals surface area contributed by atoms with Crippen molar-refractivity contribution >= 4 is 45.9 Å². The highest BCUT2D eigenvalue weighted by atomic mass is 35.5. The summed E-state index contributed by atoms with van der Waals surface area (Å²) >= 11 is 6.20. The largest absolute Gasteiger partial charge is 0.465 e. The number of nitrogens with one attached hydrogen (secondary N) is 1. The third-order valence-corrected chi connectivity index (χ3v) is 6.02. The van der Waals surface area contributed by atoms with E-state index in [4.69, 9.17) is 21.7 Å². The first-order valence-corrected chi connectivity index (χ1v) is 11.1. The third-order valence-electron chi connectivity index (χ3n) is 5.79. The van der Waals surface area contributed by atoms with Gasteiger partial charge < -0.3 is 20.2 Å². The van der Waals surface area contributed by atoms with Gasteiger partial charge in [-0.15, -0.1) is 0 Å². The van der Waals surface area contributed by atoms with Crippen LogP contribution in [0.3, 0.4) is 0 Å². The molecule has 8 heteroatoms. The number of piperazine rings is 1. The van der Waals surface area contributed by atoms with Gasteiger partial charge in [-0.1, -0.05) is 41.9 Å². The minimum absolute atomic E-state index is 0.509. The van der Waals surface area contributed by atoms with Crippen LogP contribution in [0.4, 0.5) is 22.1 Å². The summed E-state index contributed by atoms with van der Waals surface area (Å²) in [5.74, 6) is 0.514. The average molecular weight is 460 g/mol. The highest BCUT2D eigenvalue weighted by Crippen LogP contribution is 2.30. The van der Waals surface area contributed by atoms with Crippen molar-refractivity contribution in [1.29, 1.82) is 0 Å². The number of fused-ring (bicyclic) bond motifs is 1. The van der Waals surface area contributed by atoms with E-state index in [1.165, 1.54) is 4.90 Å². The number of aromatic nitrogens is 2. The van der Waals surface area contributed by atoms with Crippen molar-refractivity contribution in [3.8, 4) is 11.1 Å². The standard InChI is InChI=1S/C25H22ClN5O2/c26-19-5-1-3-17(15-19)22-6-2-4-18-16-27-24(29-23(18)22)28-20-7-9-21(10-8-20)30-11-13-31(14-12-30)25(32)33/h1-10,15-16H,11-14H2,(H,32,33)(H,27,28,29). The number of carboxylic acid groups (broad SMARTS) is 1. The maximum atomic E-state index is 11.1. The molecule has 0 saturated carbocycles. The summed E-state index contributed by atoms with van der Waals surface area (Å²) in [6.45, 7) is 2.38. The Morgan fingerprint density at radius 1 is 0.970 bits per heavy atom. The molecule has 1 aliphatic heterocycles. The third kappa shape index (κ3) is 4.54.